The standard InChI is InChI=1S/C22H24N4O4/c1-15-11-18(14-24-23-13-17-7-5-6-8-21(17)29-3)16(2)25(15)20-10-9-19(26(27)28)12-22(20)30-4/h5-12,14,23H,13H2,1-4H3/b24-14+. The molecule has 0 saturated carbocycles. The Hall–Kier alpha value is -3.81. The summed E-state index contributed by atoms with van der Waals surface area (Å²) in [6.45, 7) is 4.47. The van der Waals surface area contributed by atoms with Crippen LogP contribution in [0.15, 0.2) is 53.6 Å². The fourth-order valence-corrected chi connectivity index (χ4v) is 3.35. The SMILES string of the molecule is COc1ccccc1CN/N=C/c1cc(C)n(-c2ccc([N+](=O)[O-])cc2OC)c1C. The number of para-hydroxylation sites is 1. The molecular weight excluding hydrogens is 384 g/mol. The van der Waals surface area contributed by atoms with Crippen molar-refractivity contribution in [1.29, 1.82) is 0 Å². The number of nitro benzene ring substituents is 1. The van der Waals surface area contributed by atoms with Gasteiger partial charge in [0.15, 0.2) is 0 Å². The van der Waals surface area contributed by atoms with Crippen LogP contribution in [0.3, 0.4) is 0 Å². The molecule has 0 bridgehead atoms. The quantitative estimate of drug-likeness (QED) is 0.344. The maximum atomic E-state index is 11.1. The van der Waals surface area contributed by atoms with Gasteiger partial charge in [-0.15, -0.1) is 0 Å². The van der Waals surface area contributed by atoms with Crippen LogP contribution in [0.25, 0.3) is 5.69 Å². The van der Waals surface area contributed by atoms with Gasteiger partial charge in [0.05, 0.1) is 43.7 Å². The van der Waals surface area contributed by atoms with Crippen molar-refractivity contribution in [2.45, 2.75) is 20.4 Å². The third kappa shape index (κ3) is 4.27. The van der Waals surface area contributed by atoms with E-state index in [-0.39, 0.29) is 5.69 Å². The molecule has 0 aliphatic rings. The lowest BCUT2D eigenvalue weighted by molar-refractivity contribution is -0.384. The first kappa shape index (κ1) is 20.9. The van der Waals surface area contributed by atoms with Gasteiger partial charge in [-0.1, -0.05) is 18.2 Å². The molecule has 3 rings (SSSR count). The van der Waals surface area contributed by atoms with Crippen LogP contribution >= 0.6 is 0 Å². The minimum Gasteiger partial charge on any atom is -0.496 e. The molecule has 0 radical (unpaired) electrons. The summed E-state index contributed by atoms with van der Waals surface area (Å²) in [5.74, 6) is 1.24. The van der Waals surface area contributed by atoms with E-state index in [9.17, 15) is 10.1 Å². The molecule has 1 heterocycles. The monoisotopic (exact) mass is 408 g/mol. The fraction of sp³-hybridized carbons (Fsp3) is 0.227. The zero-order valence-corrected chi connectivity index (χ0v) is 17.4. The van der Waals surface area contributed by atoms with Gasteiger partial charge in [-0.2, -0.15) is 5.10 Å². The van der Waals surface area contributed by atoms with E-state index in [1.165, 1.54) is 19.2 Å². The lowest BCUT2D eigenvalue weighted by Gasteiger charge is -2.13. The van der Waals surface area contributed by atoms with Gasteiger partial charge < -0.3 is 19.5 Å². The molecule has 0 saturated heterocycles. The van der Waals surface area contributed by atoms with Crippen LogP contribution in [-0.2, 0) is 6.54 Å². The van der Waals surface area contributed by atoms with Gasteiger partial charge in [0.25, 0.3) is 5.69 Å². The molecule has 3 aromatic rings. The predicted octanol–water partition coefficient (Wildman–Crippen LogP) is 4.14. The van der Waals surface area contributed by atoms with Crippen molar-refractivity contribution in [3.05, 3.63) is 81.2 Å². The van der Waals surface area contributed by atoms with Crippen LogP contribution in [0, 0.1) is 24.0 Å². The van der Waals surface area contributed by atoms with Gasteiger partial charge in [0, 0.05) is 28.6 Å². The van der Waals surface area contributed by atoms with Crippen LogP contribution in [0.5, 0.6) is 11.5 Å². The number of non-ortho nitro benzene ring substituents is 1. The average Bonchev–Trinajstić information content (AvgIpc) is 3.03. The molecule has 0 fully saturated rings. The van der Waals surface area contributed by atoms with Gasteiger partial charge in [-0.3, -0.25) is 10.1 Å². The molecule has 0 aliphatic heterocycles. The number of aromatic nitrogens is 1. The van der Waals surface area contributed by atoms with Crippen molar-refractivity contribution in [1.82, 2.24) is 9.99 Å². The molecule has 0 unspecified atom stereocenters. The van der Waals surface area contributed by atoms with Crippen LogP contribution in [0.2, 0.25) is 0 Å². The summed E-state index contributed by atoms with van der Waals surface area (Å²) in [6.07, 6.45) is 1.76. The van der Waals surface area contributed by atoms with E-state index in [1.807, 2.05) is 48.7 Å². The zero-order chi connectivity index (χ0) is 21.7. The van der Waals surface area contributed by atoms with E-state index < -0.39 is 4.92 Å². The Bertz CT molecular complexity index is 1090. The zero-order valence-electron chi connectivity index (χ0n) is 17.4. The largest absolute Gasteiger partial charge is 0.496 e. The predicted molar refractivity (Wildman–Crippen MR) is 116 cm³/mol. The van der Waals surface area contributed by atoms with E-state index in [4.69, 9.17) is 9.47 Å². The average molecular weight is 408 g/mol. The molecule has 0 aliphatic carbocycles. The summed E-state index contributed by atoms with van der Waals surface area (Å²) in [5.41, 5.74) is 7.62. The topological polar surface area (TPSA) is 90.9 Å². The first-order valence-electron chi connectivity index (χ1n) is 9.35. The molecule has 2 aromatic carbocycles. The summed E-state index contributed by atoms with van der Waals surface area (Å²) in [6, 6.07) is 14.4. The van der Waals surface area contributed by atoms with Crippen molar-refractivity contribution >= 4 is 11.9 Å². The Morgan fingerprint density at radius 3 is 2.53 bits per heavy atom. The highest BCUT2D eigenvalue weighted by atomic mass is 16.6. The number of benzene rings is 2. The summed E-state index contributed by atoms with van der Waals surface area (Å²) < 4.78 is 12.7. The molecular formula is C22H24N4O4. The van der Waals surface area contributed by atoms with Gasteiger partial charge in [0.2, 0.25) is 0 Å². The van der Waals surface area contributed by atoms with Crippen molar-refractivity contribution < 1.29 is 14.4 Å². The van der Waals surface area contributed by atoms with Crippen LogP contribution < -0.4 is 14.9 Å². The van der Waals surface area contributed by atoms with Gasteiger partial charge >= 0.3 is 0 Å². The first-order valence-corrected chi connectivity index (χ1v) is 9.35. The second-order valence-corrected chi connectivity index (χ2v) is 6.68. The first-order chi connectivity index (χ1) is 14.5. The molecule has 0 spiro atoms. The van der Waals surface area contributed by atoms with E-state index in [1.54, 1.807) is 19.4 Å². The Kier molecular flexibility index (Phi) is 6.36. The minimum absolute atomic E-state index is 0.0135. The van der Waals surface area contributed by atoms with E-state index >= 15 is 0 Å². The van der Waals surface area contributed by atoms with E-state index in [2.05, 4.69) is 10.5 Å². The molecule has 8 nitrogen and oxygen atoms in total. The lowest BCUT2D eigenvalue weighted by atomic mass is 10.2. The molecule has 30 heavy (non-hydrogen) atoms. The third-order valence-electron chi connectivity index (χ3n) is 4.84. The number of hydrogen-bond donors (Lipinski definition) is 1. The van der Waals surface area contributed by atoms with Crippen LogP contribution in [0.1, 0.15) is 22.5 Å². The minimum atomic E-state index is -0.437. The Morgan fingerprint density at radius 2 is 1.83 bits per heavy atom. The lowest BCUT2D eigenvalue weighted by Crippen LogP contribution is -2.07. The number of methoxy groups -OCH3 is 2. The molecule has 0 atom stereocenters. The highest BCUT2D eigenvalue weighted by Gasteiger charge is 2.16. The highest BCUT2D eigenvalue weighted by Crippen LogP contribution is 2.31. The Morgan fingerprint density at radius 1 is 1.10 bits per heavy atom. The maximum absolute atomic E-state index is 11.1. The van der Waals surface area contributed by atoms with E-state index in [0.29, 0.717) is 12.3 Å². The van der Waals surface area contributed by atoms with Crippen molar-refractivity contribution in [2.75, 3.05) is 14.2 Å². The number of rotatable bonds is 8. The number of nitro groups is 1. The smallest absolute Gasteiger partial charge is 0.273 e. The van der Waals surface area contributed by atoms with Crippen molar-refractivity contribution in [2.24, 2.45) is 5.10 Å². The molecule has 1 aromatic heterocycles. The molecule has 8 heteroatoms. The molecule has 156 valence electrons. The summed E-state index contributed by atoms with van der Waals surface area (Å²) in [5, 5.41) is 15.4. The molecule has 0 amide bonds. The van der Waals surface area contributed by atoms with E-state index in [0.717, 1.165) is 34.0 Å². The molecule has 1 N–H and O–H groups in total. The van der Waals surface area contributed by atoms with Crippen molar-refractivity contribution in [3.63, 3.8) is 0 Å². The summed E-state index contributed by atoms with van der Waals surface area (Å²) in [4.78, 5) is 10.6. The number of hydrazone groups is 1. The number of ether oxygens (including phenoxy) is 2. The number of aryl methyl sites for hydroxylation is 1. The third-order valence-corrected chi connectivity index (χ3v) is 4.84. The van der Waals surface area contributed by atoms with Crippen LogP contribution in [0.4, 0.5) is 5.69 Å². The normalized spacial score (nSPS) is 10.9. The van der Waals surface area contributed by atoms with Crippen molar-refractivity contribution in [3.8, 4) is 17.2 Å². The maximum Gasteiger partial charge on any atom is 0.273 e. The summed E-state index contributed by atoms with van der Waals surface area (Å²) >= 11 is 0. The Balaban J connectivity index is 1.82. The number of nitrogens with zero attached hydrogens (tertiary/aromatic N) is 3. The second kappa shape index (κ2) is 9.13. The Labute approximate surface area is 174 Å². The summed E-state index contributed by atoms with van der Waals surface area (Å²) in [7, 11) is 3.14. The number of nitrogens with one attached hydrogen (secondary N) is 1. The van der Waals surface area contributed by atoms with Gasteiger partial charge in [-0.05, 0) is 32.0 Å². The van der Waals surface area contributed by atoms with Crippen LogP contribution in [-0.4, -0.2) is 29.9 Å². The second-order valence-electron chi connectivity index (χ2n) is 6.68. The highest BCUT2D eigenvalue weighted by molar-refractivity contribution is 5.82. The fourth-order valence-electron chi connectivity index (χ4n) is 3.35. The van der Waals surface area contributed by atoms with Gasteiger partial charge in [-0.25, -0.2) is 0 Å². The van der Waals surface area contributed by atoms with Gasteiger partial charge in [0.1, 0.15) is 11.5 Å². The number of hydrogen-bond acceptors (Lipinski definition) is 6.